The van der Waals surface area contributed by atoms with Crippen molar-refractivity contribution in [3.8, 4) is 17.4 Å². The average Bonchev–Trinajstić information content (AvgIpc) is 3.31. The summed E-state index contributed by atoms with van der Waals surface area (Å²) in [4.78, 5) is 4.57. The maximum absolute atomic E-state index is 11.4. The number of aromatic nitrogens is 2. The molecule has 0 radical (unpaired) electrons. The summed E-state index contributed by atoms with van der Waals surface area (Å²) in [7, 11) is -1.89. The lowest BCUT2D eigenvalue weighted by atomic mass is 10.2. The van der Waals surface area contributed by atoms with E-state index in [0.29, 0.717) is 28.5 Å². The standard InChI is InChI=1S/C21H16N4O3S/c1-25-19-5-3-2-4-18(19)24-21(25)15(13-22)12-16-8-11-20(28-16)14-6-9-17(10-7-14)29(23,26)27/h2-12H,1H3,(H2,23,26,27)/b15-12+. The van der Waals surface area contributed by atoms with Crippen LogP contribution in [0.15, 0.2) is 70.0 Å². The molecule has 0 atom stereocenters. The Morgan fingerprint density at radius 1 is 1.14 bits per heavy atom. The highest BCUT2D eigenvalue weighted by Gasteiger charge is 2.13. The number of primary sulfonamides is 1. The molecule has 4 aromatic rings. The molecule has 7 nitrogen and oxygen atoms in total. The second-order valence-corrected chi connectivity index (χ2v) is 7.99. The van der Waals surface area contributed by atoms with Crippen LogP contribution in [0.1, 0.15) is 11.6 Å². The number of furan rings is 1. The summed E-state index contributed by atoms with van der Waals surface area (Å²) in [6.07, 6.45) is 1.63. The molecule has 0 aliphatic heterocycles. The van der Waals surface area contributed by atoms with Gasteiger partial charge in [0.2, 0.25) is 10.0 Å². The Balaban J connectivity index is 1.69. The predicted molar refractivity (Wildman–Crippen MR) is 110 cm³/mol. The molecule has 144 valence electrons. The Hall–Kier alpha value is -3.67. The first-order valence-corrected chi connectivity index (χ1v) is 10.2. The van der Waals surface area contributed by atoms with E-state index in [1.54, 1.807) is 30.3 Å². The maximum atomic E-state index is 11.4. The summed E-state index contributed by atoms with van der Waals surface area (Å²) >= 11 is 0. The van der Waals surface area contributed by atoms with Gasteiger partial charge in [0, 0.05) is 18.7 Å². The highest BCUT2D eigenvalue weighted by Crippen LogP contribution is 2.27. The number of para-hydroxylation sites is 2. The van der Waals surface area contributed by atoms with Crippen LogP contribution in [0.2, 0.25) is 0 Å². The first-order valence-electron chi connectivity index (χ1n) is 8.63. The van der Waals surface area contributed by atoms with Crippen molar-refractivity contribution in [1.82, 2.24) is 9.55 Å². The Morgan fingerprint density at radius 2 is 1.86 bits per heavy atom. The molecule has 0 bridgehead atoms. The number of sulfonamides is 1. The zero-order chi connectivity index (χ0) is 20.6. The predicted octanol–water partition coefficient (Wildman–Crippen LogP) is 3.54. The number of fused-ring (bicyclic) bond motifs is 1. The van der Waals surface area contributed by atoms with Crippen molar-refractivity contribution in [2.24, 2.45) is 12.2 Å². The fraction of sp³-hybridized carbons (Fsp3) is 0.0476. The van der Waals surface area contributed by atoms with Gasteiger partial charge >= 0.3 is 0 Å². The van der Waals surface area contributed by atoms with Gasteiger partial charge in [-0.15, -0.1) is 0 Å². The molecule has 0 aliphatic carbocycles. The summed E-state index contributed by atoms with van der Waals surface area (Å²) < 4.78 is 30.4. The molecule has 29 heavy (non-hydrogen) atoms. The van der Waals surface area contributed by atoms with E-state index in [4.69, 9.17) is 9.56 Å². The number of hydrogen-bond donors (Lipinski definition) is 1. The van der Waals surface area contributed by atoms with Gasteiger partial charge in [-0.2, -0.15) is 5.26 Å². The molecule has 2 aromatic heterocycles. The molecule has 0 amide bonds. The number of rotatable bonds is 4. The molecule has 2 N–H and O–H groups in total. The van der Waals surface area contributed by atoms with Crippen molar-refractivity contribution >= 4 is 32.7 Å². The van der Waals surface area contributed by atoms with Gasteiger partial charge in [-0.1, -0.05) is 12.1 Å². The molecule has 0 saturated carbocycles. The number of imidazole rings is 1. The number of aryl methyl sites for hydroxylation is 1. The molecule has 2 heterocycles. The van der Waals surface area contributed by atoms with Crippen LogP contribution in [-0.2, 0) is 17.1 Å². The molecule has 0 fully saturated rings. The van der Waals surface area contributed by atoms with Crippen LogP contribution in [0, 0.1) is 11.3 Å². The molecular formula is C21H16N4O3S. The number of nitrogens with zero attached hydrogens (tertiary/aromatic N) is 3. The summed E-state index contributed by atoms with van der Waals surface area (Å²) in [6, 6.07) is 19.4. The molecule has 0 saturated heterocycles. The van der Waals surface area contributed by atoms with E-state index in [1.165, 1.54) is 12.1 Å². The minimum absolute atomic E-state index is 0.0292. The fourth-order valence-electron chi connectivity index (χ4n) is 3.07. The van der Waals surface area contributed by atoms with Crippen LogP contribution >= 0.6 is 0 Å². The molecule has 0 spiro atoms. The highest BCUT2D eigenvalue weighted by atomic mass is 32.2. The van der Waals surface area contributed by atoms with Crippen LogP contribution in [0.5, 0.6) is 0 Å². The van der Waals surface area contributed by atoms with Gasteiger partial charge in [-0.05, 0) is 48.5 Å². The van der Waals surface area contributed by atoms with E-state index in [9.17, 15) is 13.7 Å². The van der Waals surface area contributed by atoms with Gasteiger partial charge in [0.15, 0.2) is 5.82 Å². The smallest absolute Gasteiger partial charge is 0.238 e. The highest BCUT2D eigenvalue weighted by molar-refractivity contribution is 7.89. The topological polar surface area (TPSA) is 115 Å². The lowest BCUT2D eigenvalue weighted by Gasteiger charge is -2.01. The average molecular weight is 404 g/mol. The Morgan fingerprint density at radius 3 is 2.52 bits per heavy atom. The Labute approximate surface area is 167 Å². The van der Waals surface area contributed by atoms with E-state index in [-0.39, 0.29) is 4.90 Å². The third kappa shape index (κ3) is 3.57. The van der Waals surface area contributed by atoms with Crippen molar-refractivity contribution in [1.29, 1.82) is 5.26 Å². The minimum atomic E-state index is -3.75. The fourth-order valence-corrected chi connectivity index (χ4v) is 3.59. The number of hydrogen-bond acceptors (Lipinski definition) is 5. The third-order valence-electron chi connectivity index (χ3n) is 4.53. The van der Waals surface area contributed by atoms with Gasteiger partial charge in [0.05, 0.1) is 21.5 Å². The van der Waals surface area contributed by atoms with Gasteiger partial charge in [0.25, 0.3) is 0 Å². The van der Waals surface area contributed by atoms with Gasteiger partial charge in [-0.3, -0.25) is 0 Å². The number of allylic oxidation sites excluding steroid dienone is 1. The van der Waals surface area contributed by atoms with Gasteiger partial charge < -0.3 is 8.98 Å². The number of benzene rings is 2. The molecule has 2 aromatic carbocycles. The van der Waals surface area contributed by atoms with Crippen LogP contribution < -0.4 is 5.14 Å². The number of nitriles is 1. The van der Waals surface area contributed by atoms with Crippen molar-refractivity contribution in [3.63, 3.8) is 0 Å². The SMILES string of the molecule is Cn1c(/C(C#N)=C/c2ccc(-c3ccc(S(N)(=O)=O)cc3)o2)nc2ccccc21. The Kier molecular flexibility index (Phi) is 4.54. The van der Waals surface area contributed by atoms with Crippen molar-refractivity contribution in [2.75, 3.05) is 0 Å². The number of nitrogens with two attached hydrogens (primary N) is 1. The second kappa shape index (κ2) is 7.05. The van der Waals surface area contributed by atoms with Crippen molar-refractivity contribution in [2.45, 2.75) is 4.90 Å². The van der Waals surface area contributed by atoms with Gasteiger partial charge in [-0.25, -0.2) is 18.5 Å². The second-order valence-electron chi connectivity index (χ2n) is 6.42. The normalized spacial score (nSPS) is 12.2. The van der Waals surface area contributed by atoms with Crippen LogP contribution in [0.25, 0.3) is 34.0 Å². The van der Waals surface area contributed by atoms with E-state index in [2.05, 4.69) is 11.1 Å². The summed E-state index contributed by atoms with van der Waals surface area (Å²) in [6.45, 7) is 0. The molecule has 0 aliphatic rings. The van der Waals surface area contributed by atoms with E-state index < -0.39 is 10.0 Å². The molecule has 8 heteroatoms. The summed E-state index contributed by atoms with van der Waals surface area (Å²) in [5.41, 5.74) is 2.80. The maximum Gasteiger partial charge on any atom is 0.238 e. The zero-order valence-corrected chi connectivity index (χ0v) is 16.2. The first kappa shape index (κ1) is 18.7. The summed E-state index contributed by atoms with van der Waals surface area (Å²) in [5.74, 6) is 1.57. The zero-order valence-electron chi connectivity index (χ0n) is 15.4. The first-order chi connectivity index (χ1) is 13.9. The third-order valence-corrected chi connectivity index (χ3v) is 5.46. The molecule has 4 rings (SSSR count). The van der Waals surface area contributed by atoms with E-state index >= 15 is 0 Å². The quantitative estimate of drug-likeness (QED) is 0.522. The van der Waals surface area contributed by atoms with Crippen LogP contribution in [0.4, 0.5) is 0 Å². The van der Waals surface area contributed by atoms with Gasteiger partial charge in [0.1, 0.15) is 17.6 Å². The van der Waals surface area contributed by atoms with Crippen LogP contribution in [0.3, 0.4) is 0 Å². The molecular weight excluding hydrogens is 388 g/mol. The Bertz CT molecular complexity index is 1390. The monoisotopic (exact) mass is 404 g/mol. The van der Waals surface area contributed by atoms with Crippen molar-refractivity contribution < 1.29 is 12.8 Å². The summed E-state index contributed by atoms with van der Waals surface area (Å²) in [5, 5.41) is 14.8. The van der Waals surface area contributed by atoms with E-state index in [0.717, 1.165) is 11.0 Å². The van der Waals surface area contributed by atoms with Crippen LogP contribution in [-0.4, -0.2) is 18.0 Å². The largest absolute Gasteiger partial charge is 0.457 e. The molecule has 0 unspecified atom stereocenters. The van der Waals surface area contributed by atoms with Crippen molar-refractivity contribution in [3.05, 3.63) is 72.2 Å². The lowest BCUT2D eigenvalue weighted by Crippen LogP contribution is -2.11. The lowest BCUT2D eigenvalue weighted by molar-refractivity contribution is 0.571. The minimum Gasteiger partial charge on any atom is -0.457 e. The van der Waals surface area contributed by atoms with E-state index in [1.807, 2.05) is 35.9 Å².